The molecule has 4 heterocycles. The number of piperidine rings is 2. The van der Waals surface area contributed by atoms with E-state index in [1.807, 2.05) is 24.3 Å². The van der Waals surface area contributed by atoms with Crippen molar-refractivity contribution in [3.05, 3.63) is 48.5 Å². The lowest BCUT2D eigenvalue weighted by Gasteiger charge is -2.55. The summed E-state index contributed by atoms with van der Waals surface area (Å²) in [6.07, 6.45) is 9.06. The average molecular weight is 444 g/mol. The van der Waals surface area contributed by atoms with Crippen molar-refractivity contribution in [1.29, 1.82) is 5.26 Å². The van der Waals surface area contributed by atoms with E-state index in [-0.39, 0.29) is 16.8 Å². The number of hydrogen-bond donors (Lipinski definition) is 2. The topological polar surface area (TPSA) is 103 Å². The molecule has 0 aliphatic carbocycles. The van der Waals surface area contributed by atoms with Crippen LogP contribution in [-0.2, 0) is 0 Å². The van der Waals surface area contributed by atoms with Crippen LogP contribution in [0.4, 0.5) is 5.82 Å². The molecule has 33 heavy (non-hydrogen) atoms. The van der Waals surface area contributed by atoms with E-state index in [2.05, 4.69) is 46.3 Å². The highest BCUT2D eigenvalue weighted by Crippen LogP contribution is 2.42. The van der Waals surface area contributed by atoms with Crippen LogP contribution in [-0.4, -0.2) is 49.0 Å². The van der Waals surface area contributed by atoms with Gasteiger partial charge in [0.1, 0.15) is 18.1 Å². The number of hydrogen-bond acceptors (Lipinski definition) is 7. The van der Waals surface area contributed by atoms with E-state index in [9.17, 15) is 5.11 Å². The van der Waals surface area contributed by atoms with Crippen LogP contribution in [0, 0.1) is 11.3 Å². The highest BCUT2D eigenvalue weighted by atomic mass is 16.3. The third kappa shape index (κ3) is 4.05. The molecule has 2 fully saturated rings. The van der Waals surface area contributed by atoms with Gasteiger partial charge in [-0.1, -0.05) is 0 Å². The molecule has 2 saturated heterocycles. The molecule has 2 aliphatic rings. The van der Waals surface area contributed by atoms with Gasteiger partial charge in [-0.25, -0.2) is 4.98 Å². The molecule has 2 aromatic heterocycles. The van der Waals surface area contributed by atoms with Crippen LogP contribution in [0.3, 0.4) is 0 Å². The highest BCUT2D eigenvalue weighted by molar-refractivity contribution is 5.69. The summed E-state index contributed by atoms with van der Waals surface area (Å²) in [5.41, 5.74) is 2.61. The first-order valence-electron chi connectivity index (χ1n) is 11.4. The predicted molar refractivity (Wildman–Crippen MR) is 126 cm³/mol. The number of phenolic OH excluding ortho intramolecular Hbond substituents is 1. The molecule has 5 rings (SSSR count). The molecule has 0 amide bonds. The Morgan fingerprint density at radius 1 is 1.15 bits per heavy atom. The third-order valence-electron chi connectivity index (χ3n) is 7.25. The summed E-state index contributed by atoms with van der Waals surface area (Å²) >= 11 is 0. The number of aromatic nitrogens is 4. The molecular weight excluding hydrogens is 414 g/mol. The fraction of sp³-hybridized carbons (Fsp3) is 0.440. The van der Waals surface area contributed by atoms with E-state index in [0.717, 1.165) is 18.7 Å². The average Bonchev–Trinajstić information content (AvgIpc) is 3.27. The number of rotatable bonds is 4. The van der Waals surface area contributed by atoms with Gasteiger partial charge in [-0.05, 0) is 70.2 Å². The number of nitriles is 1. The van der Waals surface area contributed by atoms with Crippen LogP contribution in [0.2, 0.25) is 0 Å². The number of nitrogens with zero attached hydrogens (tertiary/aromatic N) is 6. The smallest absolute Gasteiger partial charge is 0.158 e. The minimum Gasteiger partial charge on any atom is -0.507 e. The SMILES string of the molecule is CN(c1ccc(-c2ccc(-n3cnc(C#N)c3)cc2O)nn1)C1C[C@]2(C)CCC[C@](C)(C1)N2. The summed E-state index contributed by atoms with van der Waals surface area (Å²) in [6, 6.07) is 11.6. The van der Waals surface area contributed by atoms with Crippen LogP contribution in [0.5, 0.6) is 5.75 Å². The fourth-order valence-electron chi connectivity index (χ4n) is 5.68. The van der Waals surface area contributed by atoms with Crippen LogP contribution < -0.4 is 10.2 Å². The molecule has 8 nitrogen and oxygen atoms in total. The van der Waals surface area contributed by atoms with E-state index in [1.54, 1.807) is 29.2 Å². The summed E-state index contributed by atoms with van der Waals surface area (Å²) in [6.45, 7) is 4.69. The molecule has 2 aliphatic heterocycles. The van der Waals surface area contributed by atoms with Gasteiger partial charge in [-0.15, -0.1) is 10.2 Å². The summed E-state index contributed by atoms with van der Waals surface area (Å²) < 4.78 is 1.70. The monoisotopic (exact) mass is 443 g/mol. The van der Waals surface area contributed by atoms with Gasteiger partial charge in [-0.2, -0.15) is 5.26 Å². The number of benzene rings is 1. The number of nitrogens with one attached hydrogen (secondary N) is 1. The summed E-state index contributed by atoms with van der Waals surface area (Å²) in [4.78, 5) is 6.26. The van der Waals surface area contributed by atoms with Crippen molar-refractivity contribution >= 4 is 5.82 Å². The number of aromatic hydroxyl groups is 1. The molecule has 3 aromatic rings. The van der Waals surface area contributed by atoms with Crippen LogP contribution in [0.15, 0.2) is 42.9 Å². The minimum atomic E-state index is 0.0992. The van der Waals surface area contributed by atoms with Gasteiger partial charge in [0.15, 0.2) is 11.5 Å². The number of imidazole rings is 1. The fourth-order valence-corrected chi connectivity index (χ4v) is 5.68. The lowest BCUT2D eigenvalue weighted by atomic mass is 9.69. The van der Waals surface area contributed by atoms with E-state index in [4.69, 9.17) is 5.26 Å². The van der Waals surface area contributed by atoms with Crippen LogP contribution >= 0.6 is 0 Å². The van der Waals surface area contributed by atoms with E-state index >= 15 is 0 Å². The first-order valence-corrected chi connectivity index (χ1v) is 11.4. The van der Waals surface area contributed by atoms with Crippen molar-refractivity contribution in [3.8, 4) is 28.8 Å². The Kier molecular flexibility index (Phi) is 5.09. The van der Waals surface area contributed by atoms with Crippen molar-refractivity contribution in [1.82, 2.24) is 25.1 Å². The molecular formula is C25H29N7O. The molecule has 0 radical (unpaired) electrons. The van der Waals surface area contributed by atoms with Gasteiger partial charge in [-0.3, -0.25) is 0 Å². The van der Waals surface area contributed by atoms with Crippen LogP contribution in [0.25, 0.3) is 16.9 Å². The predicted octanol–water partition coefficient (Wildman–Crippen LogP) is 3.80. The van der Waals surface area contributed by atoms with Crippen molar-refractivity contribution < 1.29 is 5.11 Å². The zero-order valence-electron chi connectivity index (χ0n) is 19.3. The van der Waals surface area contributed by atoms with Crippen molar-refractivity contribution in [2.75, 3.05) is 11.9 Å². The van der Waals surface area contributed by atoms with Gasteiger partial charge in [0.2, 0.25) is 0 Å². The Bertz CT molecular complexity index is 1200. The Hall–Kier alpha value is -3.44. The highest BCUT2D eigenvalue weighted by Gasteiger charge is 2.46. The number of anilines is 1. The second-order valence-electron chi connectivity index (χ2n) is 10.0. The Morgan fingerprint density at radius 3 is 2.52 bits per heavy atom. The molecule has 2 bridgehead atoms. The quantitative estimate of drug-likeness (QED) is 0.632. The van der Waals surface area contributed by atoms with Gasteiger partial charge < -0.3 is 19.9 Å². The summed E-state index contributed by atoms with van der Waals surface area (Å²) in [5, 5.41) is 32.4. The zero-order chi connectivity index (χ0) is 23.2. The van der Waals surface area contributed by atoms with Crippen molar-refractivity contribution in [3.63, 3.8) is 0 Å². The molecule has 0 spiro atoms. The number of phenols is 1. The molecule has 170 valence electrons. The lowest BCUT2D eigenvalue weighted by Crippen LogP contribution is -2.66. The second-order valence-corrected chi connectivity index (χ2v) is 10.0. The molecule has 8 heteroatoms. The minimum absolute atomic E-state index is 0.0992. The Balaban J connectivity index is 1.35. The first-order chi connectivity index (χ1) is 15.8. The standard InChI is InChI=1S/C25H29N7O/c1-24-9-4-10-25(2,30-24)13-19(12-24)31(3)23-8-7-21(28-29-23)20-6-5-18(11-22(20)33)32-15-17(14-26)27-16-32/h5-8,11,15-16,19,30,33H,4,9-10,12-13H2,1-3H3/t19?,24-,25+. The second kappa shape index (κ2) is 7.85. The van der Waals surface area contributed by atoms with Crippen molar-refractivity contribution in [2.24, 2.45) is 0 Å². The van der Waals surface area contributed by atoms with Crippen LogP contribution in [0.1, 0.15) is 51.6 Å². The maximum absolute atomic E-state index is 10.6. The summed E-state index contributed by atoms with van der Waals surface area (Å²) in [7, 11) is 2.11. The maximum Gasteiger partial charge on any atom is 0.158 e. The first kappa shape index (κ1) is 21.4. The molecule has 1 aromatic carbocycles. The van der Waals surface area contributed by atoms with E-state index in [1.165, 1.54) is 19.3 Å². The molecule has 0 saturated carbocycles. The lowest BCUT2D eigenvalue weighted by molar-refractivity contribution is 0.0784. The van der Waals surface area contributed by atoms with E-state index in [0.29, 0.717) is 28.7 Å². The third-order valence-corrected chi connectivity index (χ3v) is 7.25. The maximum atomic E-state index is 10.6. The molecule has 1 unspecified atom stereocenters. The Labute approximate surface area is 193 Å². The van der Waals surface area contributed by atoms with Gasteiger partial charge >= 0.3 is 0 Å². The van der Waals surface area contributed by atoms with E-state index < -0.39 is 0 Å². The summed E-state index contributed by atoms with van der Waals surface area (Å²) in [5.74, 6) is 0.941. The largest absolute Gasteiger partial charge is 0.507 e. The zero-order valence-corrected chi connectivity index (χ0v) is 19.3. The number of fused-ring (bicyclic) bond motifs is 2. The normalized spacial score (nSPS) is 26.5. The molecule has 2 N–H and O–H groups in total. The van der Waals surface area contributed by atoms with Gasteiger partial charge in [0.25, 0.3) is 0 Å². The van der Waals surface area contributed by atoms with Gasteiger partial charge in [0, 0.05) is 42.0 Å². The molecule has 3 atom stereocenters. The van der Waals surface area contributed by atoms with Gasteiger partial charge in [0.05, 0.1) is 11.4 Å². The van der Waals surface area contributed by atoms with Crippen molar-refractivity contribution in [2.45, 2.75) is 63.1 Å². The Morgan fingerprint density at radius 2 is 1.91 bits per heavy atom.